The van der Waals surface area contributed by atoms with Crippen molar-refractivity contribution in [1.29, 1.82) is 0 Å². The molecule has 0 saturated carbocycles. The number of anilines is 1. The summed E-state index contributed by atoms with van der Waals surface area (Å²) < 4.78 is 35.9. The Morgan fingerprint density at radius 1 is 1.27 bits per heavy atom. The second kappa shape index (κ2) is 7.58. The lowest BCUT2D eigenvalue weighted by molar-refractivity contribution is -0.139. The van der Waals surface area contributed by atoms with Crippen LogP contribution in [-0.2, 0) is 14.8 Å². The van der Waals surface area contributed by atoms with E-state index >= 15 is 0 Å². The van der Waals surface area contributed by atoms with E-state index in [0.717, 1.165) is 0 Å². The number of sulfonamides is 1. The summed E-state index contributed by atoms with van der Waals surface area (Å²) in [4.78, 5) is 24.4. The number of carboxylic acid groups (broad SMARTS) is 1. The third kappa shape index (κ3) is 4.21. The summed E-state index contributed by atoms with van der Waals surface area (Å²) in [6.07, 6.45) is 0. The minimum absolute atomic E-state index is 0.118. The number of nitrogens with zero attached hydrogens (tertiary/aromatic N) is 1. The molecule has 0 saturated heterocycles. The number of hydrogen-bond donors (Lipinski definition) is 2. The van der Waals surface area contributed by atoms with E-state index in [4.69, 9.17) is 14.3 Å². The number of nitrogens with one attached hydrogen (secondary N) is 1. The highest BCUT2D eigenvalue weighted by atomic mass is 32.2. The van der Waals surface area contributed by atoms with Crippen molar-refractivity contribution >= 4 is 27.6 Å². The van der Waals surface area contributed by atoms with Crippen LogP contribution in [0.4, 0.5) is 5.69 Å². The van der Waals surface area contributed by atoms with Crippen molar-refractivity contribution in [3.63, 3.8) is 0 Å². The lowest BCUT2D eigenvalue weighted by atomic mass is 10.2. The average molecular weight is 382 g/mol. The molecule has 1 aromatic heterocycles. The predicted octanol–water partition coefficient (Wildman–Crippen LogP) is 1.24. The number of ether oxygens (including phenoxy) is 1. The van der Waals surface area contributed by atoms with Crippen LogP contribution in [-0.4, -0.2) is 46.1 Å². The maximum Gasteiger partial charge on any atom is 0.341 e. The van der Waals surface area contributed by atoms with Gasteiger partial charge in [-0.05, 0) is 38.2 Å². The number of carbonyl (C=O) groups is 2. The van der Waals surface area contributed by atoms with E-state index in [1.165, 1.54) is 44.1 Å². The third-order valence-electron chi connectivity index (χ3n) is 3.55. The second-order valence-electron chi connectivity index (χ2n) is 5.28. The Labute approximate surface area is 150 Å². The van der Waals surface area contributed by atoms with Crippen molar-refractivity contribution < 1.29 is 32.3 Å². The maximum absolute atomic E-state index is 12.6. The molecule has 2 aromatic rings. The van der Waals surface area contributed by atoms with E-state index in [1.54, 1.807) is 12.1 Å². The average Bonchev–Trinajstić information content (AvgIpc) is 3.01. The highest BCUT2D eigenvalue weighted by molar-refractivity contribution is 7.89. The number of benzene rings is 1. The molecular weight excluding hydrogens is 364 g/mol. The van der Waals surface area contributed by atoms with Crippen molar-refractivity contribution in [2.24, 2.45) is 0 Å². The zero-order valence-corrected chi connectivity index (χ0v) is 15.2. The molecule has 0 unspecified atom stereocenters. The number of furan rings is 1. The molecular formula is C16H18N2O7S. The van der Waals surface area contributed by atoms with Gasteiger partial charge < -0.3 is 19.2 Å². The van der Waals surface area contributed by atoms with Gasteiger partial charge in [0.1, 0.15) is 11.5 Å². The number of carboxylic acids is 1. The molecule has 140 valence electrons. The zero-order chi connectivity index (χ0) is 19.5. The Morgan fingerprint density at radius 3 is 2.42 bits per heavy atom. The van der Waals surface area contributed by atoms with Gasteiger partial charge in [-0.25, -0.2) is 17.9 Å². The molecule has 10 heteroatoms. The molecule has 0 atom stereocenters. The summed E-state index contributed by atoms with van der Waals surface area (Å²) in [6, 6.07) is 7.39. The van der Waals surface area contributed by atoms with E-state index < -0.39 is 28.5 Å². The number of carbonyl (C=O) groups excluding carboxylic acids is 1. The molecule has 0 aliphatic carbocycles. The Kier molecular flexibility index (Phi) is 5.68. The minimum Gasteiger partial charge on any atom is -0.482 e. The van der Waals surface area contributed by atoms with Crippen molar-refractivity contribution in [1.82, 2.24) is 4.72 Å². The Bertz CT molecular complexity index is 917. The van der Waals surface area contributed by atoms with Crippen LogP contribution in [0.25, 0.3) is 0 Å². The molecule has 1 aromatic carbocycles. The number of amides is 1. The fourth-order valence-electron chi connectivity index (χ4n) is 2.11. The van der Waals surface area contributed by atoms with Crippen molar-refractivity contribution in [2.45, 2.75) is 12.0 Å². The van der Waals surface area contributed by atoms with Crippen LogP contribution in [0.15, 0.2) is 39.8 Å². The van der Waals surface area contributed by atoms with Crippen LogP contribution in [0.3, 0.4) is 0 Å². The number of aryl methyl sites for hydroxylation is 1. The molecule has 0 fully saturated rings. The number of hydrogen-bond acceptors (Lipinski definition) is 6. The number of aliphatic carboxylic acids is 1. The van der Waals surface area contributed by atoms with Gasteiger partial charge in [-0.15, -0.1) is 0 Å². The maximum atomic E-state index is 12.6. The summed E-state index contributed by atoms with van der Waals surface area (Å²) >= 11 is 0. The van der Waals surface area contributed by atoms with E-state index in [1.807, 2.05) is 0 Å². The molecule has 2 rings (SSSR count). The van der Waals surface area contributed by atoms with Crippen LogP contribution in [0.1, 0.15) is 16.1 Å². The standard InChI is InChI=1S/C16H18N2O7S/c1-10-13(8-15(25-10)26(22,23)17-2)16(21)18(3)11-4-6-12(7-5-11)24-9-14(19)20/h4-8,17H,9H2,1-3H3,(H,19,20). The van der Waals surface area contributed by atoms with Crippen molar-refractivity contribution in [3.8, 4) is 5.75 Å². The Balaban J connectivity index is 2.21. The predicted molar refractivity (Wildman–Crippen MR) is 92.0 cm³/mol. The van der Waals surface area contributed by atoms with E-state index in [2.05, 4.69) is 4.72 Å². The first kappa shape index (κ1) is 19.5. The molecule has 0 bridgehead atoms. The zero-order valence-electron chi connectivity index (χ0n) is 14.3. The molecule has 0 spiro atoms. The summed E-state index contributed by atoms with van der Waals surface area (Å²) in [5, 5.41) is 8.24. The smallest absolute Gasteiger partial charge is 0.341 e. The van der Waals surface area contributed by atoms with Gasteiger partial charge in [0.2, 0.25) is 5.09 Å². The summed E-state index contributed by atoms with van der Waals surface area (Å²) in [5.74, 6) is -1.02. The van der Waals surface area contributed by atoms with Crippen LogP contribution in [0.2, 0.25) is 0 Å². The van der Waals surface area contributed by atoms with Crippen LogP contribution in [0.5, 0.6) is 5.75 Å². The largest absolute Gasteiger partial charge is 0.482 e. The van der Waals surface area contributed by atoms with Crippen LogP contribution < -0.4 is 14.4 Å². The second-order valence-corrected chi connectivity index (χ2v) is 7.10. The molecule has 0 aliphatic rings. The molecule has 26 heavy (non-hydrogen) atoms. The monoisotopic (exact) mass is 382 g/mol. The molecule has 0 aliphatic heterocycles. The first-order valence-corrected chi connectivity index (χ1v) is 8.90. The molecule has 9 nitrogen and oxygen atoms in total. The first-order chi connectivity index (χ1) is 12.2. The molecule has 1 amide bonds. The van der Waals surface area contributed by atoms with Gasteiger partial charge in [0.05, 0.1) is 5.56 Å². The fraction of sp³-hybridized carbons (Fsp3) is 0.250. The van der Waals surface area contributed by atoms with Gasteiger partial charge in [0, 0.05) is 18.8 Å². The lowest BCUT2D eigenvalue weighted by Crippen LogP contribution is -2.26. The van der Waals surface area contributed by atoms with Crippen molar-refractivity contribution in [2.75, 3.05) is 25.6 Å². The Hall–Kier alpha value is -2.85. The van der Waals surface area contributed by atoms with Crippen LogP contribution >= 0.6 is 0 Å². The first-order valence-electron chi connectivity index (χ1n) is 7.42. The quantitative estimate of drug-likeness (QED) is 0.737. The molecule has 2 N–H and O–H groups in total. The summed E-state index contributed by atoms with van der Waals surface area (Å²) in [5.41, 5.74) is 0.629. The third-order valence-corrected chi connectivity index (χ3v) is 4.82. The highest BCUT2D eigenvalue weighted by Crippen LogP contribution is 2.24. The van der Waals surface area contributed by atoms with E-state index in [-0.39, 0.29) is 16.4 Å². The topological polar surface area (TPSA) is 126 Å². The van der Waals surface area contributed by atoms with Crippen molar-refractivity contribution in [3.05, 3.63) is 41.7 Å². The van der Waals surface area contributed by atoms with E-state index in [9.17, 15) is 18.0 Å². The van der Waals surface area contributed by atoms with Gasteiger partial charge in [-0.1, -0.05) is 0 Å². The Morgan fingerprint density at radius 2 is 1.88 bits per heavy atom. The molecule has 1 heterocycles. The normalized spacial score (nSPS) is 11.2. The number of rotatable bonds is 7. The highest BCUT2D eigenvalue weighted by Gasteiger charge is 2.24. The van der Waals surface area contributed by atoms with Gasteiger partial charge in [0.25, 0.3) is 15.9 Å². The lowest BCUT2D eigenvalue weighted by Gasteiger charge is -2.17. The van der Waals surface area contributed by atoms with Gasteiger partial charge in [-0.2, -0.15) is 0 Å². The van der Waals surface area contributed by atoms with Gasteiger partial charge >= 0.3 is 5.97 Å². The summed E-state index contributed by atoms with van der Waals surface area (Å²) in [6.45, 7) is 1.03. The fourth-order valence-corrected chi connectivity index (χ4v) is 2.82. The minimum atomic E-state index is -3.79. The summed E-state index contributed by atoms with van der Waals surface area (Å²) in [7, 11) is -1.03. The van der Waals surface area contributed by atoms with E-state index in [0.29, 0.717) is 11.4 Å². The van der Waals surface area contributed by atoms with Gasteiger partial charge in [-0.3, -0.25) is 4.79 Å². The SMILES string of the molecule is CNS(=O)(=O)c1cc(C(=O)N(C)c2ccc(OCC(=O)O)cc2)c(C)o1. The van der Waals surface area contributed by atoms with Gasteiger partial charge in [0.15, 0.2) is 6.61 Å². The molecule has 0 radical (unpaired) electrons. The van der Waals surface area contributed by atoms with Crippen LogP contribution in [0, 0.1) is 6.92 Å².